The van der Waals surface area contributed by atoms with Crippen LogP contribution in [0.25, 0.3) is 0 Å². The number of ether oxygens (including phenoxy) is 1. The molecular formula is C10H19NO4S. The van der Waals surface area contributed by atoms with E-state index in [2.05, 4.69) is 5.32 Å². The maximum atomic E-state index is 11.2. The van der Waals surface area contributed by atoms with E-state index in [0.29, 0.717) is 32.4 Å². The molecule has 0 unspecified atom stereocenters. The summed E-state index contributed by atoms with van der Waals surface area (Å²) in [5, 5.41) is 3.18. The lowest BCUT2D eigenvalue weighted by Crippen LogP contribution is -2.38. The minimum absolute atomic E-state index is 0.210. The van der Waals surface area contributed by atoms with Gasteiger partial charge < -0.3 is 10.1 Å². The summed E-state index contributed by atoms with van der Waals surface area (Å²) in [6.07, 6.45) is 1.63. The average molecular weight is 249 g/mol. The third-order valence-electron chi connectivity index (χ3n) is 2.62. The highest BCUT2D eigenvalue weighted by Gasteiger charge is 2.22. The van der Waals surface area contributed by atoms with Crippen LogP contribution in [0.1, 0.15) is 26.2 Å². The lowest BCUT2D eigenvalue weighted by atomic mass is 10.1. The van der Waals surface area contributed by atoms with E-state index >= 15 is 0 Å². The van der Waals surface area contributed by atoms with Crippen LogP contribution in [0.15, 0.2) is 0 Å². The van der Waals surface area contributed by atoms with E-state index < -0.39 is 9.84 Å². The summed E-state index contributed by atoms with van der Waals surface area (Å²) in [5.41, 5.74) is 0. The van der Waals surface area contributed by atoms with Gasteiger partial charge in [-0.05, 0) is 19.8 Å². The number of hydrogen-bond acceptors (Lipinski definition) is 5. The Balaban J connectivity index is 2.13. The number of nitrogens with one attached hydrogen (secondary N) is 1. The van der Waals surface area contributed by atoms with Gasteiger partial charge >= 0.3 is 5.97 Å². The number of sulfone groups is 1. The van der Waals surface area contributed by atoms with Crippen LogP contribution in [0.2, 0.25) is 0 Å². The van der Waals surface area contributed by atoms with Crippen LogP contribution in [-0.2, 0) is 19.4 Å². The molecular weight excluding hydrogens is 230 g/mol. The van der Waals surface area contributed by atoms with Gasteiger partial charge in [-0.25, -0.2) is 8.42 Å². The molecule has 0 aromatic carbocycles. The molecule has 1 aliphatic rings. The molecule has 0 aromatic rings. The van der Waals surface area contributed by atoms with Gasteiger partial charge in [-0.15, -0.1) is 0 Å². The molecule has 1 heterocycles. The van der Waals surface area contributed by atoms with Crippen LogP contribution >= 0.6 is 0 Å². The van der Waals surface area contributed by atoms with Crippen molar-refractivity contribution in [2.75, 3.05) is 24.7 Å². The fourth-order valence-electron chi connectivity index (χ4n) is 1.71. The van der Waals surface area contributed by atoms with Crippen molar-refractivity contribution in [1.29, 1.82) is 0 Å². The molecule has 0 bridgehead atoms. The van der Waals surface area contributed by atoms with Crippen molar-refractivity contribution in [3.05, 3.63) is 0 Å². The monoisotopic (exact) mass is 249 g/mol. The van der Waals surface area contributed by atoms with Crippen LogP contribution in [0.3, 0.4) is 0 Å². The normalized spacial score (nSPS) is 20.6. The molecule has 1 fully saturated rings. The van der Waals surface area contributed by atoms with E-state index in [1.165, 1.54) is 0 Å². The van der Waals surface area contributed by atoms with E-state index in [0.717, 1.165) is 0 Å². The van der Waals surface area contributed by atoms with Crippen molar-refractivity contribution in [2.24, 2.45) is 0 Å². The van der Waals surface area contributed by atoms with Crippen molar-refractivity contribution in [3.63, 3.8) is 0 Å². The summed E-state index contributed by atoms with van der Waals surface area (Å²) in [5.74, 6) is 0.298. The first kappa shape index (κ1) is 13.4. The molecule has 0 radical (unpaired) electrons. The van der Waals surface area contributed by atoms with Crippen LogP contribution in [0, 0.1) is 0 Å². The first-order valence-electron chi connectivity index (χ1n) is 5.63. The number of carbonyl (C=O) groups excluding carboxylic acids is 1. The topological polar surface area (TPSA) is 72.5 Å². The SMILES string of the molecule is CCOC(=O)CCNC1CCS(=O)(=O)CC1. The molecule has 0 amide bonds. The molecule has 0 saturated carbocycles. The van der Waals surface area contributed by atoms with Gasteiger partial charge in [0.05, 0.1) is 24.5 Å². The zero-order chi connectivity index (χ0) is 12.0. The molecule has 1 N–H and O–H groups in total. The highest BCUT2D eigenvalue weighted by atomic mass is 32.2. The maximum Gasteiger partial charge on any atom is 0.307 e. The van der Waals surface area contributed by atoms with Gasteiger partial charge in [-0.1, -0.05) is 0 Å². The molecule has 1 rings (SSSR count). The van der Waals surface area contributed by atoms with Gasteiger partial charge in [0, 0.05) is 12.6 Å². The molecule has 94 valence electrons. The second kappa shape index (κ2) is 6.20. The fourth-order valence-corrected chi connectivity index (χ4v) is 3.20. The lowest BCUT2D eigenvalue weighted by Gasteiger charge is -2.22. The summed E-state index contributed by atoms with van der Waals surface area (Å²) in [6, 6.07) is 0.220. The minimum Gasteiger partial charge on any atom is -0.466 e. The largest absolute Gasteiger partial charge is 0.466 e. The highest BCUT2D eigenvalue weighted by molar-refractivity contribution is 7.91. The third kappa shape index (κ3) is 4.94. The Bertz CT molecular complexity index is 312. The standard InChI is InChI=1S/C10H19NO4S/c1-2-15-10(12)3-6-11-9-4-7-16(13,14)8-5-9/h9,11H,2-8H2,1H3. The molecule has 0 aromatic heterocycles. The Morgan fingerprint density at radius 1 is 1.38 bits per heavy atom. The summed E-state index contributed by atoms with van der Waals surface area (Å²) < 4.78 is 27.1. The van der Waals surface area contributed by atoms with Gasteiger partial charge in [-0.2, -0.15) is 0 Å². The number of esters is 1. The minimum atomic E-state index is -2.80. The van der Waals surface area contributed by atoms with Crippen LogP contribution in [0.4, 0.5) is 0 Å². The third-order valence-corrected chi connectivity index (χ3v) is 4.34. The average Bonchev–Trinajstić information content (AvgIpc) is 2.21. The Morgan fingerprint density at radius 2 is 2.00 bits per heavy atom. The number of carbonyl (C=O) groups is 1. The molecule has 1 saturated heterocycles. The van der Waals surface area contributed by atoms with E-state index in [1.807, 2.05) is 0 Å². The maximum absolute atomic E-state index is 11.2. The van der Waals surface area contributed by atoms with Crippen molar-refractivity contribution in [1.82, 2.24) is 5.32 Å². The second-order valence-electron chi connectivity index (χ2n) is 3.94. The zero-order valence-corrected chi connectivity index (χ0v) is 10.4. The van der Waals surface area contributed by atoms with Crippen molar-refractivity contribution in [3.8, 4) is 0 Å². The quantitative estimate of drug-likeness (QED) is 0.700. The number of hydrogen-bond donors (Lipinski definition) is 1. The first-order valence-corrected chi connectivity index (χ1v) is 7.45. The van der Waals surface area contributed by atoms with Gasteiger partial charge in [0.15, 0.2) is 0 Å². The molecule has 6 heteroatoms. The van der Waals surface area contributed by atoms with Gasteiger partial charge in [0.1, 0.15) is 9.84 Å². The molecule has 0 spiro atoms. The molecule has 5 nitrogen and oxygen atoms in total. The van der Waals surface area contributed by atoms with Gasteiger partial charge in [-0.3, -0.25) is 4.79 Å². The van der Waals surface area contributed by atoms with E-state index in [9.17, 15) is 13.2 Å². The lowest BCUT2D eigenvalue weighted by molar-refractivity contribution is -0.143. The van der Waals surface area contributed by atoms with Crippen molar-refractivity contribution in [2.45, 2.75) is 32.2 Å². The fraction of sp³-hybridized carbons (Fsp3) is 0.900. The second-order valence-corrected chi connectivity index (χ2v) is 6.24. The Hall–Kier alpha value is -0.620. The van der Waals surface area contributed by atoms with Crippen molar-refractivity contribution < 1.29 is 17.9 Å². The molecule has 0 atom stereocenters. The van der Waals surface area contributed by atoms with Gasteiger partial charge in [0.2, 0.25) is 0 Å². The zero-order valence-electron chi connectivity index (χ0n) is 9.57. The summed E-state index contributed by atoms with van der Waals surface area (Å²) in [4.78, 5) is 11.0. The van der Waals surface area contributed by atoms with Crippen LogP contribution in [0.5, 0.6) is 0 Å². The molecule has 0 aliphatic carbocycles. The number of rotatable bonds is 5. The molecule has 16 heavy (non-hydrogen) atoms. The Labute approximate surface area is 96.5 Å². The Morgan fingerprint density at radius 3 is 2.56 bits per heavy atom. The van der Waals surface area contributed by atoms with E-state index in [1.54, 1.807) is 6.92 Å². The van der Waals surface area contributed by atoms with E-state index in [4.69, 9.17) is 4.74 Å². The van der Waals surface area contributed by atoms with E-state index in [-0.39, 0.29) is 23.5 Å². The smallest absolute Gasteiger partial charge is 0.307 e. The predicted octanol–water partition coefficient (Wildman–Crippen LogP) is 0.106. The summed E-state index contributed by atoms with van der Waals surface area (Å²) in [6.45, 7) is 2.74. The Kier molecular flexibility index (Phi) is 5.21. The van der Waals surface area contributed by atoms with Crippen LogP contribution < -0.4 is 5.32 Å². The van der Waals surface area contributed by atoms with Crippen molar-refractivity contribution >= 4 is 15.8 Å². The molecule has 1 aliphatic heterocycles. The first-order chi connectivity index (χ1) is 7.53. The summed E-state index contributed by atoms with van der Waals surface area (Å²) >= 11 is 0. The summed E-state index contributed by atoms with van der Waals surface area (Å²) in [7, 11) is -2.80. The highest BCUT2D eigenvalue weighted by Crippen LogP contribution is 2.11. The predicted molar refractivity (Wildman–Crippen MR) is 60.9 cm³/mol. The van der Waals surface area contributed by atoms with Crippen LogP contribution in [-0.4, -0.2) is 45.1 Å². The van der Waals surface area contributed by atoms with Gasteiger partial charge in [0.25, 0.3) is 0 Å².